The molecule has 3 aromatic rings. The number of para-hydroxylation sites is 1. The third-order valence-electron chi connectivity index (χ3n) is 3.16. The van der Waals surface area contributed by atoms with E-state index >= 15 is 0 Å². The smallest absolute Gasteiger partial charge is 0.264 e. The first-order valence-corrected chi connectivity index (χ1v) is 9.25. The van der Waals surface area contributed by atoms with Gasteiger partial charge in [-0.3, -0.25) is 10.1 Å². The van der Waals surface area contributed by atoms with Crippen LogP contribution in [0, 0.1) is 0 Å². The Morgan fingerprint density at radius 1 is 1.12 bits per heavy atom. The fraction of sp³-hybridized carbons (Fsp3) is 0.118. The number of rotatable bonds is 6. The lowest BCUT2D eigenvalue weighted by Gasteiger charge is -2.11. The summed E-state index contributed by atoms with van der Waals surface area (Å²) in [7, 11) is 0. The molecule has 1 heterocycles. The van der Waals surface area contributed by atoms with Gasteiger partial charge in [0.2, 0.25) is 5.13 Å². The van der Waals surface area contributed by atoms with Crippen LogP contribution in [0.15, 0.2) is 58.9 Å². The van der Waals surface area contributed by atoms with Gasteiger partial charge in [-0.05, 0) is 17.9 Å². The van der Waals surface area contributed by atoms with Crippen LogP contribution in [-0.4, -0.2) is 29.0 Å². The lowest BCUT2D eigenvalue weighted by Crippen LogP contribution is -2.20. The average molecular weight is 357 g/mol. The number of ether oxygens (including phenoxy) is 1. The average Bonchev–Trinajstić information content (AvgIpc) is 3.08. The number of carbonyl (C=O) groups excluding carboxylic acids is 1. The highest BCUT2D eigenvalue weighted by molar-refractivity contribution is 8.00. The van der Waals surface area contributed by atoms with Crippen LogP contribution in [0.2, 0.25) is 0 Å². The number of nitrogens with zero attached hydrogens (tertiary/aromatic N) is 2. The van der Waals surface area contributed by atoms with Crippen LogP contribution in [0.25, 0.3) is 11.1 Å². The van der Waals surface area contributed by atoms with Crippen LogP contribution in [0.4, 0.5) is 5.13 Å². The molecular formula is C17H15N3O2S2. The van der Waals surface area contributed by atoms with E-state index in [-0.39, 0.29) is 12.5 Å². The largest absolute Gasteiger partial charge is 0.483 e. The van der Waals surface area contributed by atoms with Crippen molar-refractivity contribution in [1.82, 2.24) is 10.2 Å². The van der Waals surface area contributed by atoms with Crippen molar-refractivity contribution in [3.8, 4) is 16.9 Å². The van der Waals surface area contributed by atoms with Gasteiger partial charge in [0.25, 0.3) is 5.91 Å². The maximum Gasteiger partial charge on any atom is 0.264 e. The summed E-state index contributed by atoms with van der Waals surface area (Å²) in [5.41, 5.74) is 1.99. The normalized spacial score (nSPS) is 10.4. The molecule has 3 rings (SSSR count). The first-order valence-electron chi connectivity index (χ1n) is 7.21. The Kier molecular flexibility index (Phi) is 5.45. The Labute approximate surface area is 148 Å². The van der Waals surface area contributed by atoms with Gasteiger partial charge in [-0.25, -0.2) is 0 Å². The van der Waals surface area contributed by atoms with Crippen LogP contribution in [0.1, 0.15) is 0 Å². The van der Waals surface area contributed by atoms with Gasteiger partial charge in [-0.1, -0.05) is 71.6 Å². The number of aromatic nitrogens is 2. The van der Waals surface area contributed by atoms with Gasteiger partial charge in [-0.15, -0.1) is 10.2 Å². The van der Waals surface area contributed by atoms with Gasteiger partial charge in [0, 0.05) is 5.56 Å². The zero-order chi connectivity index (χ0) is 16.8. The third kappa shape index (κ3) is 4.12. The molecule has 5 nitrogen and oxygen atoms in total. The van der Waals surface area contributed by atoms with E-state index in [1.54, 1.807) is 0 Å². The van der Waals surface area contributed by atoms with E-state index in [2.05, 4.69) is 15.5 Å². The van der Waals surface area contributed by atoms with E-state index in [1.807, 2.05) is 60.9 Å². The summed E-state index contributed by atoms with van der Waals surface area (Å²) in [6, 6.07) is 17.6. The van der Waals surface area contributed by atoms with Gasteiger partial charge in [0.15, 0.2) is 10.9 Å². The Bertz CT molecular complexity index is 821. The molecule has 0 aliphatic rings. The van der Waals surface area contributed by atoms with Crippen molar-refractivity contribution in [3.63, 3.8) is 0 Å². The predicted molar refractivity (Wildman–Crippen MR) is 97.7 cm³/mol. The van der Waals surface area contributed by atoms with E-state index in [9.17, 15) is 4.79 Å². The van der Waals surface area contributed by atoms with Crippen molar-refractivity contribution >= 4 is 34.1 Å². The molecule has 1 N–H and O–H groups in total. The van der Waals surface area contributed by atoms with Crippen molar-refractivity contribution in [2.45, 2.75) is 4.34 Å². The summed E-state index contributed by atoms with van der Waals surface area (Å²) in [6.07, 6.45) is 1.91. The molecule has 2 aromatic carbocycles. The van der Waals surface area contributed by atoms with Crippen LogP contribution < -0.4 is 10.1 Å². The highest BCUT2D eigenvalue weighted by Crippen LogP contribution is 2.29. The Morgan fingerprint density at radius 3 is 2.62 bits per heavy atom. The molecular weight excluding hydrogens is 342 g/mol. The van der Waals surface area contributed by atoms with E-state index < -0.39 is 0 Å². The van der Waals surface area contributed by atoms with Crippen LogP contribution >= 0.6 is 23.1 Å². The lowest BCUT2D eigenvalue weighted by atomic mass is 10.1. The Balaban J connectivity index is 1.65. The number of hydrogen-bond acceptors (Lipinski definition) is 6. The van der Waals surface area contributed by atoms with E-state index in [4.69, 9.17) is 4.74 Å². The van der Waals surface area contributed by atoms with Gasteiger partial charge in [-0.2, -0.15) is 0 Å². The summed E-state index contributed by atoms with van der Waals surface area (Å²) in [4.78, 5) is 12.0. The first-order chi connectivity index (χ1) is 11.8. The molecule has 0 bridgehead atoms. The minimum atomic E-state index is -0.262. The fourth-order valence-electron chi connectivity index (χ4n) is 2.09. The SMILES string of the molecule is CSc1nnc(NC(=O)COc2ccccc2-c2ccccc2)s1. The molecule has 24 heavy (non-hydrogen) atoms. The number of hydrogen-bond donors (Lipinski definition) is 1. The summed E-state index contributed by atoms with van der Waals surface area (Å²) in [5, 5.41) is 11.0. The minimum Gasteiger partial charge on any atom is -0.483 e. The number of anilines is 1. The molecule has 1 amide bonds. The van der Waals surface area contributed by atoms with Crippen LogP contribution in [-0.2, 0) is 4.79 Å². The first kappa shape index (κ1) is 16.5. The molecule has 1 aromatic heterocycles. The zero-order valence-corrected chi connectivity index (χ0v) is 14.6. The van der Waals surface area contributed by atoms with Crippen molar-refractivity contribution in [3.05, 3.63) is 54.6 Å². The summed E-state index contributed by atoms with van der Waals surface area (Å²) in [5.74, 6) is 0.405. The van der Waals surface area contributed by atoms with Crippen molar-refractivity contribution in [2.24, 2.45) is 0 Å². The maximum absolute atomic E-state index is 12.0. The van der Waals surface area contributed by atoms with Crippen LogP contribution in [0.5, 0.6) is 5.75 Å². The van der Waals surface area contributed by atoms with E-state index in [0.717, 1.165) is 15.5 Å². The molecule has 0 atom stereocenters. The summed E-state index contributed by atoms with van der Waals surface area (Å²) >= 11 is 2.83. The molecule has 0 spiro atoms. The Hall–Kier alpha value is -2.38. The van der Waals surface area contributed by atoms with Gasteiger partial charge >= 0.3 is 0 Å². The number of amides is 1. The molecule has 0 fully saturated rings. The molecule has 0 saturated heterocycles. The minimum absolute atomic E-state index is 0.0853. The van der Waals surface area contributed by atoms with Crippen molar-refractivity contribution < 1.29 is 9.53 Å². The molecule has 0 saturated carbocycles. The summed E-state index contributed by atoms with van der Waals surface area (Å²) < 4.78 is 6.50. The quantitative estimate of drug-likeness (QED) is 0.535. The van der Waals surface area contributed by atoms with Crippen molar-refractivity contribution in [1.29, 1.82) is 0 Å². The molecule has 0 unspecified atom stereocenters. The van der Waals surface area contributed by atoms with Gasteiger partial charge in [0.05, 0.1) is 0 Å². The molecule has 0 aliphatic carbocycles. The van der Waals surface area contributed by atoms with Gasteiger partial charge in [0.1, 0.15) is 5.75 Å². The van der Waals surface area contributed by atoms with E-state index in [1.165, 1.54) is 23.1 Å². The summed E-state index contributed by atoms with van der Waals surface area (Å²) in [6.45, 7) is -0.0853. The zero-order valence-electron chi connectivity index (χ0n) is 12.9. The number of nitrogens with one attached hydrogen (secondary N) is 1. The third-order valence-corrected chi connectivity index (χ3v) is 4.97. The topological polar surface area (TPSA) is 64.1 Å². The second-order valence-corrected chi connectivity index (χ2v) is 6.81. The standard InChI is InChI=1S/C17H15N3O2S2/c1-23-17-20-19-16(24-17)18-15(21)11-22-14-10-6-5-9-13(14)12-7-3-2-4-8-12/h2-10H,11H2,1H3,(H,18,19,21). The molecule has 122 valence electrons. The number of benzene rings is 2. The molecule has 7 heteroatoms. The van der Waals surface area contributed by atoms with Gasteiger partial charge < -0.3 is 4.74 Å². The number of thioether (sulfide) groups is 1. The predicted octanol–water partition coefficient (Wildman–Crippen LogP) is 3.94. The molecule has 0 aliphatic heterocycles. The van der Waals surface area contributed by atoms with Crippen molar-refractivity contribution in [2.75, 3.05) is 18.2 Å². The molecule has 0 radical (unpaired) electrons. The second kappa shape index (κ2) is 7.94. The highest BCUT2D eigenvalue weighted by atomic mass is 32.2. The monoisotopic (exact) mass is 357 g/mol. The Morgan fingerprint density at radius 2 is 1.88 bits per heavy atom. The van der Waals surface area contributed by atoms with Crippen LogP contribution in [0.3, 0.4) is 0 Å². The maximum atomic E-state index is 12.0. The lowest BCUT2D eigenvalue weighted by molar-refractivity contribution is -0.118. The van der Waals surface area contributed by atoms with E-state index in [0.29, 0.717) is 10.9 Å². The number of carbonyl (C=O) groups is 1. The second-order valence-electron chi connectivity index (χ2n) is 4.78. The highest BCUT2D eigenvalue weighted by Gasteiger charge is 2.10. The fourth-order valence-corrected chi connectivity index (χ4v) is 3.28.